The van der Waals surface area contributed by atoms with Gasteiger partial charge in [-0.1, -0.05) is 0 Å². The summed E-state index contributed by atoms with van der Waals surface area (Å²) in [6, 6.07) is 11.6. The summed E-state index contributed by atoms with van der Waals surface area (Å²) in [7, 11) is -1.57. The molecular weight excluding hydrogens is 363 g/mol. The molecule has 0 spiro atoms. The highest BCUT2D eigenvalue weighted by atomic mass is 32.2. The predicted octanol–water partition coefficient (Wildman–Crippen LogP) is 3.72. The lowest BCUT2D eigenvalue weighted by atomic mass is 9.88. The van der Waals surface area contributed by atoms with E-state index in [0.29, 0.717) is 24.0 Å². The van der Waals surface area contributed by atoms with Crippen LogP contribution in [0.3, 0.4) is 0 Å². The third-order valence-electron chi connectivity index (χ3n) is 5.95. The van der Waals surface area contributed by atoms with E-state index in [1.165, 1.54) is 24.3 Å². The first kappa shape index (κ1) is 18.4. The number of benzene rings is 2. The van der Waals surface area contributed by atoms with E-state index in [4.69, 9.17) is 0 Å². The Kier molecular flexibility index (Phi) is 4.51. The van der Waals surface area contributed by atoms with Crippen LogP contribution in [-0.2, 0) is 9.84 Å². The van der Waals surface area contributed by atoms with E-state index in [1.54, 1.807) is 6.07 Å². The second kappa shape index (κ2) is 6.60. The van der Waals surface area contributed by atoms with Crippen molar-refractivity contribution in [2.75, 3.05) is 11.9 Å². The van der Waals surface area contributed by atoms with E-state index in [1.807, 2.05) is 12.1 Å². The molecule has 2 aromatic rings. The van der Waals surface area contributed by atoms with Crippen molar-refractivity contribution >= 4 is 15.5 Å². The first-order valence-electron chi connectivity index (χ1n) is 9.41. The Morgan fingerprint density at radius 3 is 2.33 bits per heavy atom. The second-order valence-electron chi connectivity index (χ2n) is 7.90. The van der Waals surface area contributed by atoms with Gasteiger partial charge in [0.05, 0.1) is 9.79 Å². The predicted molar refractivity (Wildman–Crippen MR) is 105 cm³/mol. The highest BCUT2D eigenvalue weighted by Gasteiger charge is 2.40. The van der Waals surface area contributed by atoms with Crippen molar-refractivity contribution in [1.29, 1.82) is 0 Å². The highest BCUT2D eigenvalue weighted by Crippen LogP contribution is 2.46. The fraction of sp³-hybridized carbons (Fsp3) is 0.429. The lowest BCUT2D eigenvalue weighted by molar-refractivity contribution is 0.466. The lowest BCUT2D eigenvalue weighted by Crippen LogP contribution is -2.36. The summed E-state index contributed by atoms with van der Waals surface area (Å²) in [5.41, 5.74) is 2.22. The van der Waals surface area contributed by atoms with Crippen molar-refractivity contribution in [1.82, 2.24) is 5.32 Å². The maximum atomic E-state index is 13.2. The van der Waals surface area contributed by atoms with Crippen molar-refractivity contribution < 1.29 is 12.8 Å². The van der Waals surface area contributed by atoms with Crippen LogP contribution < -0.4 is 10.2 Å². The number of hydrogen-bond acceptors (Lipinski definition) is 4. The number of fused-ring (bicyclic) bond motifs is 3. The SMILES string of the molecule is CC1CC2[C@@H](CC(C)N1)c1cc(S(=O)(=O)c3ccc(F)cc3)ccc1N2C. The van der Waals surface area contributed by atoms with Gasteiger partial charge in [-0.3, -0.25) is 0 Å². The molecule has 2 heterocycles. The standard InChI is InChI=1S/C21H25FN2O2S/c1-13-10-18-19-12-17(27(25,26)16-6-4-15(22)5-7-16)8-9-20(19)24(3)21(18)11-14(2)23-13/h4-9,12-14,18,21,23H,10-11H2,1-3H3/t13?,14?,18-,21?/m0/s1. The summed E-state index contributed by atoms with van der Waals surface area (Å²) < 4.78 is 39.2. The van der Waals surface area contributed by atoms with Crippen LogP contribution in [0.4, 0.5) is 10.1 Å². The van der Waals surface area contributed by atoms with Crippen LogP contribution in [0.25, 0.3) is 0 Å². The molecule has 1 saturated heterocycles. The molecule has 6 heteroatoms. The summed E-state index contributed by atoms with van der Waals surface area (Å²) in [5.74, 6) is -0.137. The van der Waals surface area contributed by atoms with Crippen LogP contribution >= 0.6 is 0 Å². The van der Waals surface area contributed by atoms with Gasteiger partial charge in [0, 0.05) is 36.8 Å². The zero-order valence-corrected chi connectivity index (χ0v) is 16.6. The van der Waals surface area contributed by atoms with Gasteiger partial charge in [-0.15, -0.1) is 0 Å². The van der Waals surface area contributed by atoms with Gasteiger partial charge in [-0.05, 0) is 74.7 Å². The Hall–Kier alpha value is -1.92. The molecule has 4 rings (SSSR count). The molecule has 27 heavy (non-hydrogen) atoms. The van der Waals surface area contributed by atoms with Gasteiger partial charge in [-0.2, -0.15) is 0 Å². The van der Waals surface area contributed by atoms with E-state index in [-0.39, 0.29) is 9.79 Å². The van der Waals surface area contributed by atoms with E-state index >= 15 is 0 Å². The van der Waals surface area contributed by atoms with Crippen molar-refractivity contribution in [3.63, 3.8) is 0 Å². The first-order valence-corrected chi connectivity index (χ1v) is 10.9. The maximum absolute atomic E-state index is 13.2. The normalized spacial score (nSPS) is 27.8. The third-order valence-corrected chi connectivity index (χ3v) is 7.71. The average molecular weight is 389 g/mol. The largest absolute Gasteiger partial charge is 0.371 e. The maximum Gasteiger partial charge on any atom is 0.206 e. The molecule has 4 nitrogen and oxygen atoms in total. The van der Waals surface area contributed by atoms with Gasteiger partial charge >= 0.3 is 0 Å². The summed E-state index contributed by atoms with van der Waals surface area (Å²) in [4.78, 5) is 2.70. The molecule has 144 valence electrons. The quantitative estimate of drug-likeness (QED) is 0.797. The van der Waals surface area contributed by atoms with Crippen molar-refractivity contribution in [3.8, 4) is 0 Å². The van der Waals surface area contributed by atoms with Gasteiger partial charge in [0.15, 0.2) is 0 Å². The molecule has 0 radical (unpaired) electrons. The minimum atomic E-state index is -3.67. The van der Waals surface area contributed by atoms with Gasteiger partial charge in [0.2, 0.25) is 9.84 Å². The van der Waals surface area contributed by atoms with E-state index in [2.05, 4.69) is 31.1 Å². The van der Waals surface area contributed by atoms with Crippen LogP contribution in [0.1, 0.15) is 38.2 Å². The molecule has 1 fully saturated rings. The van der Waals surface area contributed by atoms with Gasteiger partial charge in [0.1, 0.15) is 5.82 Å². The second-order valence-corrected chi connectivity index (χ2v) is 9.85. The number of anilines is 1. The highest BCUT2D eigenvalue weighted by molar-refractivity contribution is 7.91. The van der Waals surface area contributed by atoms with E-state index in [9.17, 15) is 12.8 Å². The Balaban J connectivity index is 1.76. The molecule has 0 bridgehead atoms. The number of sulfone groups is 1. The van der Waals surface area contributed by atoms with Crippen LogP contribution in [-0.4, -0.2) is 33.6 Å². The molecule has 0 saturated carbocycles. The Labute approximate surface area is 160 Å². The first-order chi connectivity index (χ1) is 12.8. The van der Waals surface area contributed by atoms with Crippen LogP contribution in [0.2, 0.25) is 0 Å². The minimum absolute atomic E-state index is 0.122. The summed E-state index contributed by atoms with van der Waals surface area (Å²) in [6.45, 7) is 4.40. The molecule has 2 aliphatic heterocycles. The number of rotatable bonds is 2. The molecule has 0 aromatic heterocycles. The van der Waals surface area contributed by atoms with Gasteiger partial charge in [-0.25, -0.2) is 12.8 Å². The topological polar surface area (TPSA) is 49.4 Å². The molecule has 1 N–H and O–H groups in total. The summed E-state index contributed by atoms with van der Waals surface area (Å²) in [5, 5.41) is 3.62. The lowest BCUT2D eigenvalue weighted by Gasteiger charge is -2.26. The zero-order chi connectivity index (χ0) is 19.3. The van der Waals surface area contributed by atoms with Crippen molar-refractivity contribution in [2.45, 2.75) is 60.5 Å². The number of halogens is 1. The van der Waals surface area contributed by atoms with Crippen LogP contribution in [0.5, 0.6) is 0 Å². The molecule has 0 amide bonds. The minimum Gasteiger partial charge on any atom is -0.371 e. The number of nitrogens with zero attached hydrogens (tertiary/aromatic N) is 1. The molecule has 2 aromatic carbocycles. The van der Waals surface area contributed by atoms with Crippen LogP contribution in [0, 0.1) is 5.82 Å². The number of likely N-dealkylation sites (N-methyl/N-ethyl adjacent to an activating group) is 1. The molecular formula is C21H25FN2O2S. The Morgan fingerprint density at radius 1 is 1.00 bits per heavy atom. The Bertz CT molecular complexity index is 959. The molecule has 4 atom stereocenters. The van der Waals surface area contributed by atoms with Crippen molar-refractivity contribution in [3.05, 3.63) is 53.8 Å². The number of nitrogens with one attached hydrogen (secondary N) is 1. The van der Waals surface area contributed by atoms with E-state index < -0.39 is 15.7 Å². The number of hydrogen-bond donors (Lipinski definition) is 1. The summed E-state index contributed by atoms with van der Waals surface area (Å²) in [6.07, 6.45) is 2.01. The monoisotopic (exact) mass is 388 g/mol. The summed E-state index contributed by atoms with van der Waals surface area (Å²) >= 11 is 0. The third kappa shape index (κ3) is 3.15. The van der Waals surface area contributed by atoms with Gasteiger partial charge < -0.3 is 10.2 Å². The van der Waals surface area contributed by atoms with Crippen LogP contribution in [0.15, 0.2) is 52.3 Å². The zero-order valence-electron chi connectivity index (χ0n) is 15.8. The fourth-order valence-corrected chi connectivity index (χ4v) is 5.99. The molecule has 0 aliphatic carbocycles. The molecule has 3 unspecified atom stereocenters. The fourth-order valence-electron chi connectivity index (χ4n) is 4.69. The van der Waals surface area contributed by atoms with Crippen molar-refractivity contribution in [2.24, 2.45) is 0 Å². The van der Waals surface area contributed by atoms with E-state index in [0.717, 1.165) is 24.1 Å². The smallest absolute Gasteiger partial charge is 0.206 e. The van der Waals surface area contributed by atoms with Gasteiger partial charge in [0.25, 0.3) is 0 Å². The Morgan fingerprint density at radius 2 is 1.63 bits per heavy atom. The molecule has 2 aliphatic rings. The average Bonchev–Trinajstić information content (AvgIpc) is 2.77.